The molecule has 1 atom stereocenters. The lowest BCUT2D eigenvalue weighted by Gasteiger charge is -2.13. The maximum atomic E-state index is 11.1. The minimum atomic E-state index is -4.94. The molecule has 0 radical (unpaired) electrons. The summed E-state index contributed by atoms with van der Waals surface area (Å²) in [7, 11) is -9.22. The second-order valence-corrected chi connectivity index (χ2v) is 5.59. The minimum Gasteiger partial charge on any atom is -0.392 e. The van der Waals surface area contributed by atoms with Gasteiger partial charge in [0, 0.05) is 0 Å². The van der Waals surface area contributed by atoms with Crippen molar-refractivity contribution in [2.75, 3.05) is 13.2 Å². The maximum absolute atomic E-state index is 11.1. The van der Waals surface area contributed by atoms with E-state index < -0.39 is 15.6 Å². The molecule has 0 aliphatic carbocycles. The summed E-state index contributed by atoms with van der Waals surface area (Å²) < 4.78 is 29.6. The van der Waals surface area contributed by atoms with Crippen LogP contribution in [-0.4, -0.2) is 28.1 Å². The molecule has 0 rings (SSSR count). The van der Waals surface area contributed by atoms with Crippen molar-refractivity contribution >= 4 is 15.6 Å². The van der Waals surface area contributed by atoms with Crippen LogP contribution in [0.2, 0.25) is 0 Å². The molecule has 0 amide bonds. The van der Waals surface area contributed by atoms with Gasteiger partial charge in [-0.25, -0.2) is 14.6 Å². The lowest BCUT2D eigenvalue weighted by Crippen LogP contribution is -2.05. The topological polar surface area (TPSA) is 139 Å². The van der Waals surface area contributed by atoms with Crippen LogP contribution < -0.4 is 5.50 Å². The third kappa shape index (κ3) is 8.92. The Kier molecular flexibility index (Phi) is 5.87. The fourth-order valence-corrected chi connectivity index (χ4v) is 2.34. The first-order valence-electron chi connectivity index (χ1n) is 3.73. The fourth-order valence-electron chi connectivity index (χ4n) is 0.578. The summed E-state index contributed by atoms with van der Waals surface area (Å²) in [5.74, 6) is 0. The lowest BCUT2D eigenvalue weighted by atomic mass is 10.3. The van der Waals surface area contributed by atoms with Crippen LogP contribution in [0.3, 0.4) is 0 Å². The van der Waals surface area contributed by atoms with Crippen LogP contribution in [0.5, 0.6) is 0 Å². The first kappa shape index (κ1) is 15.0. The maximum Gasteiger partial charge on any atom is 0.477 e. The second kappa shape index (κ2) is 5.89. The summed E-state index contributed by atoms with van der Waals surface area (Å²) in [4.78, 5) is 16.6. The molecule has 0 aromatic heterocycles. The highest BCUT2D eigenvalue weighted by Crippen LogP contribution is 2.55. The average Bonchev–Trinajstić information content (AvgIpc) is 1.97. The number of phosphoric acid groups is 1. The van der Waals surface area contributed by atoms with Gasteiger partial charge in [0.15, 0.2) is 0 Å². The molecule has 8 nitrogen and oxygen atoms in total. The van der Waals surface area contributed by atoms with Gasteiger partial charge in [-0.05, 0) is 12.5 Å². The number of nitrogens with two attached hydrogens (primary N) is 1. The Bertz CT molecular complexity index is 321. The fraction of sp³-hybridized carbons (Fsp3) is 0.600. The van der Waals surface area contributed by atoms with Gasteiger partial charge < -0.3 is 14.9 Å². The molecule has 0 saturated carbocycles. The molecule has 0 bridgehead atoms. The number of aliphatic hydroxyl groups is 1. The van der Waals surface area contributed by atoms with Gasteiger partial charge in [-0.15, -0.1) is 0 Å². The van der Waals surface area contributed by atoms with E-state index in [0.29, 0.717) is 5.57 Å². The van der Waals surface area contributed by atoms with Crippen molar-refractivity contribution in [2.24, 2.45) is 5.50 Å². The molecule has 10 heteroatoms. The van der Waals surface area contributed by atoms with E-state index in [0.717, 1.165) is 0 Å². The van der Waals surface area contributed by atoms with Crippen molar-refractivity contribution in [3.05, 3.63) is 11.6 Å². The van der Waals surface area contributed by atoms with E-state index in [1.54, 1.807) is 6.92 Å². The molecule has 0 aromatic rings. The van der Waals surface area contributed by atoms with Crippen molar-refractivity contribution < 1.29 is 32.9 Å². The van der Waals surface area contributed by atoms with Gasteiger partial charge >= 0.3 is 15.6 Å². The van der Waals surface area contributed by atoms with E-state index in [4.69, 9.17) is 20.4 Å². The molecule has 0 saturated heterocycles. The first-order valence-corrected chi connectivity index (χ1v) is 6.87. The first-order chi connectivity index (χ1) is 6.66. The molecule has 0 spiro atoms. The van der Waals surface area contributed by atoms with Crippen molar-refractivity contribution in [3.8, 4) is 0 Å². The number of rotatable bonds is 6. The van der Waals surface area contributed by atoms with Gasteiger partial charge in [-0.2, -0.15) is 4.31 Å². The average molecular weight is 261 g/mol. The largest absolute Gasteiger partial charge is 0.477 e. The molecular weight excluding hydrogens is 248 g/mol. The van der Waals surface area contributed by atoms with Crippen molar-refractivity contribution in [1.29, 1.82) is 0 Å². The van der Waals surface area contributed by atoms with Gasteiger partial charge in [0.2, 0.25) is 0 Å². The summed E-state index contributed by atoms with van der Waals surface area (Å²) in [6, 6.07) is 0. The van der Waals surface area contributed by atoms with Crippen LogP contribution in [-0.2, 0) is 18.0 Å². The molecular formula is C5H13NO7P2. The van der Waals surface area contributed by atoms with E-state index in [1.807, 2.05) is 0 Å². The van der Waals surface area contributed by atoms with Crippen LogP contribution in [0, 0.1) is 0 Å². The predicted octanol–water partition coefficient (Wildman–Crippen LogP) is 0.118. The number of aliphatic hydroxyl groups excluding tert-OH is 1. The molecule has 15 heavy (non-hydrogen) atoms. The Labute approximate surface area is 86.5 Å². The zero-order valence-corrected chi connectivity index (χ0v) is 9.73. The van der Waals surface area contributed by atoms with E-state index in [-0.39, 0.29) is 13.2 Å². The zero-order valence-electron chi connectivity index (χ0n) is 7.94. The summed E-state index contributed by atoms with van der Waals surface area (Å²) in [5, 5.41) is 8.46. The monoisotopic (exact) mass is 261 g/mol. The van der Waals surface area contributed by atoms with Crippen molar-refractivity contribution in [2.45, 2.75) is 6.92 Å². The quantitative estimate of drug-likeness (QED) is 0.390. The van der Waals surface area contributed by atoms with Crippen LogP contribution in [0.15, 0.2) is 11.6 Å². The zero-order chi connectivity index (χ0) is 12.1. The highest BCUT2D eigenvalue weighted by molar-refractivity contribution is 7.62. The SMILES string of the molecule is CC(=CCO)COP(N)(=O)OP(=O)(O)O. The predicted molar refractivity (Wildman–Crippen MR) is 51.7 cm³/mol. The van der Waals surface area contributed by atoms with E-state index in [1.165, 1.54) is 6.08 Å². The van der Waals surface area contributed by atoms with Gasteiger partial charge in [0.25, 0.3) is 0 Å². The summed E-state index contributed by atoms with van der Waals surface area (Å²) in [5.41, 5.74) is 5.37. The van der Waals surface area contributed by atoms with E-state index in [2.05, 4.69) is 8.83 Å². The molecule has 90 valence electrons. The standard InChI is InChI=1S/C5H13NO7P2/c1-5(2-3-7)4-12-14(6,8)13-15(9,10)11/h2,7H,3-4H2,1H3,(H2,6,8)(H2,9,10,11). The van der Waals surface area contributed by atoms with E-state index in [9.17, 15) is 9.13 Å². The summed E-state index contributed by atoms with van der Waals surface area (Å²) >= 11 is 0. The minimum absolute atomic E-state index is 0.233. The van der Waals surface area contributed by atoms with Gasteiger partial charge in [0.1, 0.15) is 0 Å². The summed E-state index contributed by atoms with van der Waals surface area (Å²) in [6.07, 6.45) is 1.36. The smallest absolute Gasteiger partial charge is 0.392 e. The molecule has 0 aliphatic rings. The van der Waals surface area contributed by atoms with Crippen LogP contribution in [0.25, 0.3) is 0 Å². The molecule has 1 unspecified atom stereocenters. The molecule has 0 aliphatic heterocycles. The van der Waals surface area contributed by atoms with Crippen LogP contribution >= 0.6 is 15.6 Å². The van der Waals surface area contributed by atoms with Gasteiger partial charge in [-0.1, -0.05) is 6.08 Å². The third-order valence-corrected chi connectivity index (χ3v) is 3.38. The molecule has 0 heterocycles. The van der Waals surface area contributed by atoms with Crippen molar-refractivity contribution in [3.63, 3.8) is 0 Å². The van der Waals surface area contributed by atoms with Crippen LogP contribution in [0.1, 0.15) is 6.92 Å². The van der Waals surface area contributed by atoms with Crippen LogP contribution in [0.4, 0.5) is 0 Å². The second-order valence-electron chi connectivity index (χ2n) is 2.62. The van der Waals surface area contributed by atoms with E-state index >= 15 is 0 Å². The van der Waals surface area contributed by atoms with Gasteiger partial charge in [-0.3, -0.25) is 4.52 Å². The number of hydrogen-bond donors (Lipinski definition) is 4. The molecule has 5 N–H and O–H groups in total. The summed E-state index contributed by atoms with van der Waals surface area (Å²) in [6.45, 7) is 1.06. The Morgan fingerprint density at radius 1 is 1.47 bits per heavy atom. The lowest BCUT2D eigenvalue weighted by molar-refractivity contribution is 0.235. The normalized spacial score (nSPS) is 17.5. The Morgan fingerprint density at radius 3 is 2.40 bits per heavy atom. The van der Waals surface area contributed by atoms with Gasteiger partial charge in [0.05, 0.1) is 13.2 Å². The van der Waals surface area contributed by atoms with Crippen molar-refractivity contribution in [1.82, 2.24) is 0 Å². The third-order valence-electron chi connectivity index (χ3n) is 1.13. The Balaban J connectivity index is 4.23. The molecule has 0 fully saturated rings. The Hall–Kier alpha value is -0.0400. The highest BCUT2D eigenvalue weighted by Gasteiger charge is 2.29. The number of hydrogen-bond acceptors (Lipinski definition) is 5. The Morgan fingerprint density at radius 2 is 2.00 bits per heavy atom. The highest BCUT2D eigenvalue weighted by atomic mass is 31.3. The molecule has 0 aromatic carbocycles.